The van der Waals surface area contributed by atoms with Crippen LogP contribution in [-0.2, 0) is 17.8 Å². The first-order valence-electron chi connectivity index (χ1n) is 8.46. The third-order valence-electron chi connectivity index (χ3n) is 4.46. The molecule has 0 unspecified atom stereocenters. The molecule has 0 atom stereocenters. The summed E-state index contributed by atoms with van der Waals surface area (Å²) in [7, 11) is 0. The number of aromatic nitrogens is 3. The maximum Gasteiger partial charge on any atom is 0.296 e. The van der Waals surface area contributed by atoms with Crippen LogP contribution in [0.25, 0.3) is 11.2 Å². The first kappa shape index (κ1) is 15.5. The molecular formula is C19H18N4O2. The second-order valence-corrected chi connectivity index (χ2v) is 6.23. The van der Waals surface area contributed by atoms with Gasteiger partial charge >= 0.3 is 0 Å². The number of anilines is 1. The summed E-state index contributed by atoms with van der Waals surface area (Å²) in [5.41, 5.74) is 3.69. The molecule has 2 aromatic heterocycles. The number of fused-ring (bicyclic) bond motifs is 2. The number of pyridine rings is 1. The van der Waals surface area contributed by atoms with Gasteiger partial charge in [0.1, 0.15) is 11.3 Å². The molecule has 1 N–H and O–H groups in total. The average molecular weight is 334 g/mol. The molecule has 0 saturated heterocycles. The third kappa shape index (κ3) is 2.69. The maximum atomic E-state index is 11.9. The SMILES string of the molecule is CCCCc1nc2cccnc2n1Cc1ccc2c(c1)C(=O)C(=O)N2. The van der Waals surface area contributed by atoms with Gasteiger partial charge in [-0.25, -0.2) is 9.97 Å². The van der Waals surface area contributed by atoms with E-state index in [1.807, 2.05) is 18.2 Å². The fourth-order valence-corrected chi connectivity index (χ4v) is 3.17. The van der Waals surface area contributed by atoms with Gasteiger partial charge in [-0.3, -0.25) is 9.59 Å². The van der Waals surface area contributed by atoms with E-state index in [0.717, 1.165) is 41.8 Å². The van der Waals surface area contributed by atoms with Crippen molar-refractivity contribution in [2.75, 3.05) is 5.32 Å². The molecule has 6 nitrogen and oxygen atoms in total. The minimum atomic E-state index is -0.564. The van der Waals surface area contributed by atoms with E-state index in [1.165, 1.54) is 0 Å². The zero-order valence-electron chi connectivity index (χ0n) is 14.0. The lowest BCUT2D eigenvalue weighted by atomic mass is 10.1. The molecule has 0 saturated carbocycles. The van der Waals surface area contributed by atoms with E-state index in [4.69, 9.17) is 4.98 Å². The van der Waals surface area contributed by atoms with Gasteiger partial charge in [0, 0.05) is 12.6 Å². The molecule has 25 heavy (non-hydrogen) atoms. The summed E-state index contributed by atoms with van der Waals surface area (Å²) in [4.78, 5) is 32.6. The summed E-state index contributed by atoms with van der Waals surface area (Å²) in [5.74, 6) is -0.0428. The number of carbonyl (C=O) groups excluding carboxylic acids is 2. The maximum absolute atomic E-state index is 11.9. The average Bonchev–Trinajstić information content (AvgIpc) is 3.11. The van der Waals surface area contributed by atoms with E-state index in [2.05, 4.69) is 21.8 Å². The number of aryl methyl sites for hydroxylation is 1. The molecule has 0 radical (unpaired) electrons. The van der Waals surface area contributed by atoms with Crippen LogP contribution >= 0.6 is 0 Å². The van der Waals surface area contributed by atoms with Gasteiger partial charge in [-0.1, -0.05) is 19.4 Å². The Labute approximate surface area is 144 Å². The van der Waals surface area contributed by atoms with Gasteiger partial charge in [-0.05, 0) is 36.2 Å². The lowest BCUT2D eigenvalue weighted by Crippen LogP contribution is -2.12. The Morgan fingerprint density at radius 3 is 2.92 bits per heavy atom. The number of hydrogen-bond donors (Lipinski definition) is 1. The van der Waals surface area contributed by atoms with Gasteiger partial charge < -0.3 is 9.88 Å². The van der Waals surface area contributed by atoms with Crippen molar-refractivity contribution < 1.29 is 9.59 Å². The van der Waals surface area contributed by atoms with E-state index < -0.39 is 11.7 Å². The molecule has 126 valence electrons. The third-order valence-corrected chi connectivity index (χ3v) is 4.46. The van der Waals surface area contributed by atoms with Crippen molar-refractivity contribution in [3.63, 3.8) is 0 Å². The van der Waals surface area contributed by atoms with Crippen molar-refractivity contribution >= 4 is 28.5 Å². The van der Waals surface area contributed by atoms with Gasteiger partial charge in [0.15, 0.2) is 5.65 Å². The minimum absolute atomic E-state index is 0.440. The van der Waals surface area contributed by atoms with E-state index in [1.54, 1.807) is 18.3 Å². The standard InChI is InChI=1S/C19H18N4O2/c1-2-3-6-16-21-15-5-4-9-20-18(15)23(16)11-12-7-8-14-13(10-12)17(24)19(25)22-14/h4-5,7-10H,2-3,6,11H2,1H3,(H,22,24,25). The number of hydrogen-bond acceptors (Lipinski definition) is 4. The summed E-state index contributed by atoms with van der Waals surface area (Å²) >= 11 is 0. The smallest absolute Gasteiger partial charge is 0.296 e. The normalized spacial score (nSPS) is 13.3. The number of imidazole rings is 1. The number of rotatable bonds is 5. The fourth-order valence-electron chi connectivity index (χ4n) is 3.17. The highest BCUT2D eigenvalue weighted by molar-refractivity contribution is 6.51. The van der Waals surface area contributed by atoms with Crippen LogP contribution in [0, 0.1) is 0 Å². The molecule has 0 bridgehead atoms. The predicted molar refractivity (Wildman–Crippen MR) is 94.6 cm³/mol. The highest BCUT2D eigenvalue weighted by Gasteiger charge is 2.28. The summed E-state index contributed by atoms with van der Waals surface area (Å²) in [5, 5.41) is 2.58. The van der Waals surface area contributed by atoms with Crippen LogP contribution in [0.5, 0.6) is 0 Å². The van der Waals surface area contributed by atoms with E-state index in [9.17, 15) is 9.59 Å². The van der Waals surface area contributed by atoms with Crippen LogP contribution in [0.3, 0.4) is 0 Å². The second-order valence-electron chi connectivity index (χ2n) is 6.23. The molecule has 1 amide bonds. The van der Waals surface area contributed by atoms with Gasteiger partial charge in [0.05, 0.1) is 17.8 Å². The summed E-state index contributed by atoms with van der Waals surface area (Å²) in [6.07, 6.45) is 4.80. The van der Waals surface area contributed by atoms with Crippen molar-refractivity contribution in [3.8, 4) is 0 Å². The summed E-state index contributed by atoms with van der Waals surface area (Å²) in [6, 6.07) is 9.34. The van der Waals surface area contributed by atoms with Crippen LogP contribution in [0.1, 0.15) is 41.5 Å². The number of benzene rings is 1. The van der Waals surface area contributed by atoms with Crippen molar-refractivity contribution in [1.82, 2.24) is 14.5 Å². The molecule has 0 fully saturated rings. The van der Waals surface area contributed by atoms with Crippen LogP contribution in [0.4, 0.5) is 5.69 Å². The Morgan fingerprint density at radius 1 is 1.20 bits per heavy atom. The molecule has 0 aliphatic carbocycles. The first-order valence-corrected chi connectivity index (χ1v) is 8.46. The molecule has 1 aliphatic rings. The lowest BCUT2D eigenvalue weighted by molar-refractivity contribution is -0.112. The van der Waals surface area contributed by atoms with Crippen LogP contribution in [0.2, 0.25) is 0 Å². The first-order chi connectivity index (χ1) is 12.2. The Hall–Kier alpha value is -3.02. The van der Waals surface area contributed by atoms with Crippen LogP contribution < -0.4 is 5.32 Å². The van der Waals surface area contributed by atoms with E-state index in [-0.39, 0.29) is 0 Å². The van der Waals surface area contributed by atoms with Gasteiger partial charge in [-0.2, -0.15) is 0 Å². The zero-order valence-corrected chi connectivity index (χ0v) is 14.0. The van der Waals surface area contributed by atoms with Gasteiger partial charge in [0.2, 0.25) is 0 Å². The van der Waals surface area contributed by atoms with E-state index >= 15 is 0 Å². The quantitative estimate of drug-likeness (QED) is 0.728. The molecular weight excluding hydrogens is 316 g/mol. The van der Waals surface area contributed by atoms with Gasteiger partial charge in [0.25, 0.3) is 11.7 Å². The Morgan fingerprint density at radius 2 is 2.08 bits per heavy atom. The van der Waals surface area contributed by atoms with Crippen LogP contribution in [-0.4, -0.2) is 26.2 Å². The number of amides is 1. The molecule has 3 aromatic rings. The van der Waals surface area contributed by atoms with E-state index in [0.29, 0.717) is 17.8 Å². The zero-order chi connectivity index (χ0) is 17.4. The summed E-state index contributed by atoms with van der Waals surface area (Å²) in [6.45, 7) is 2.72. The predicted octanol–water partition coefficient (Wildman–Crippen LogP) is 2.96. The number of unbranched alkanes of at least 4 members (excludes halogenated alkanes) is 1. The highest BCUT2D eigenvalue weighted by Crippen LogP contribution is 2.25. The molecule has 3 heterocycles. The topological polar surface area (TPSA) is 76.9 Å². The Bertz CT molecular complexity index is 990. The highest BCUT2D eigenvalue weighted by atomic mass is 16.2. The Balaban J connectivity index is 1.73. The van der Waals surface area contributed by atoms with Gasteiger partial charge in [-0.15, -0.1) is 0 Å². The number of nitrogens with zero attached hydrogens (tertiary/aromatic N) is 3. The molecule has 1 aliphatic heterocycles. The number of Topliss-reactive ketones (excluding diaryl/α,β-unsaturated/α-hetero) is 1. The monoisotopic (exact) mass is 334 g/mol. The molecule has 4 rings (SSSR count). The van der Waals surface area contributed by atoms with Crippen molar-refractivity contribution in [1.29, 1.82) is 0 Å². The minimum Gasteiger partial charge on any atom is -0.318 e. The lowest BCUT2D eigenvalue weighted by Gasteiger charge is -2.09. The van der Waals surface area contributed by atoms with Crippen molar-refractivity contribution in [2.24, 2.45) is 0 Å². The van der Waals surface area contributed by atoms with Crippen molar-refractivity contribution in [2.45, 2.75) is 32.7 Å². The second kappa shape index (κ2) is 6.12. The molecule has 1 aromatic carbocycles. The van der Waals surface area contributed by atoms with Crippen LogP contribution in [0.15, 0.2) is 36.5 Å². The molecule has 0 spiro atoms. The number of ketones is 1. The van der Waals surface area contributed by atoms with Crippen molar-refractivity contribution in [3.05, 3.63) is 53.5 Å². The Kier molecular flexibility index (Phi) is 3.80. The number of nitrogens with one attached hydrogen (secondary N) is 1. The molecule has 6 heteroatoms. The largest absolute Gasteiger partial charge is 0.318 e. The number of carbonyl (C=O) groups is 2. The fraction of sp³-hybridized carbons (Fsp3) is 0.263. The summed E-state index contributed by atoms with van der Waals surface area (Å²) < 4.78 is 2.10.